The van der Waals surface area contributed by atoms with E-state index in [1.165, 1.54) is 10.9 Å². The number of aromatic nitrogens is 1. The van der Waals surface area contributed by atoms with Crippen LogP contribution in [0.3, 0.4) is 0 Å². The molecule has 6 heteroatoms. The summed E-state index contributed by atoms with van der Waals surface area (Å²) in [5, 5.41) is 9.03. The lowest BCUT2D eigenvalue weighted by Gasteiger charge is -2.10. The number of aryl methyl sites for hydroxylation is 1. The molecule has 0 saturated carbocycles. The van der Waals surface area contributed by atoms with Gasteiger partial charge in [0.15, 0.2) is 5.96 Å². The van der Waals surface area contributed by atoms with Crippen molar-refractivity contribution in [2.75, 3.05) is 7.05 Å². The molecule has 3 N–H and O–H groups in total. The average Bonchev–Trinajstić information content (AvgIpc) is 3.23. The van der Waals surface area contributed by atoms with Crippen molar-refractivity contribution < 1.29 is 4.42 Å². The van der Waals surface area contributed by atoms with Gasteiger partial charge in [0.05, 0.1) is 13.1 Å². The summed E-state index contributed by atoms with van der Waals surface area (Å²) >= 11 is 0. The molecule has 4 rings (SSSR count). The fourth-order valence-electron chi connectivity index (χ4n) is 3.19. The van der Waals surface area contributed by atoms with E-state index in [0.29, 0.717) is 13.1 Å². The molecule has 0 aliphatic heterocycles. The number of furan rings is 1. The van der Waals surface area contributed by atoms with Crippen LogP contribution in [-0.4, -0.2) is 18.0 Å². The second-order valence-electron chi connectivity index (χ2n) is 6.31. The van der Waals surface area contributed by atoms with Gasteiger partial charge >= 0.3 is 0 Å². The van der Waals surface area contributed by atoms with Gasteiger partial charge in [-0.3, -0.25) is 4.99 Å². The lowest BCUT2D eigenvalue weighted by molar-refractivity contribution is 0.534. The van der Waals surface area contributed by atoms with Crippen LogP contribution in [0, 0.1) is 6.92 Å². The Hall–Kier alpha value is -2.48. The largest absolute Gasteiger partial charge is 0.459 e. The highest BCUT2D eigenvalue weighted by molar-refractivity contribution is 14.0. The number of benzene rings is 2. The normalized spacial score (nSPS) is 11.6. The van der Waals surface area contributed by atoms with E-state index in [9.17, 15) is 0 Å². The molecule has 0 atom stereocenters. The summed E-state index contributed by atoms with van der Waals surface area (Å²) in [6, 6.07) is 18.5. The summed E-state index contributed by atoms with van der Waals surface area (Å²) in [6.07, 6.45) is 0. The van der Waals surface area contributed by atoms with E-state index in [1.54, 1.807) is 7.05 Å². The number of para-hydroxylation sites is 2. The maximum atomic E-state index is 5.94. The molecular weight excluding hydrogens is 451 g/mol. The number of aromatic amines is 1. The van der Waals surface area contributed by atoms with Crippen molar-refractivity contribution in [1.29, 1.82) is 0 Å². The molecule has 4 aromatic rings. The zero-order chi connectivity index (χ0) is 17.9. The average molecular weight is 474 g/mol. The number of guanidine groups is 1. The zero-order valence-electron chi connectivity index (χ0n) is 15.4. The molecule has 0 spiro atoms. The second-order valence-corrected chi connectivity index (χ2v) is 6.31. The first-order valence-corrected chi connectivity index (χ1v) is 8.73. The van der Waals surface area contributed by atoms with Gasteiger partial charge in [0, 0.05) is 29.2 Å². The number of halogens is 1. The molecular formula is C21H23IN4O. The summed E-state index contributed by atoms with van der Waals surface area (Å²) < 4.78 is 5.94. The number of hydrogen-bond donors (Lipinski definition) is 3. The van der Waals surface area contributed by atoms with Gasteiger partial charge < -0.3 is 20.0 Å². The smallest absolute Gasteiger partial charge is 0.191 e. The molecule has 0 aliphatic rings. The van der Waals surface area contributed by atoms with E-state index < -0.39 is 0 Å². The molecule has 2 aromatic heterocycles. The minimum absolute atomic E-state index is 0. The van der Waals surface area contributed by atoms with Gasteiger partial charge in [0.2, 0.25) is 0 Å². The van der Waals surface area contributed by atoms with Crippen molar-refractivity contribution in [2.45, 2.75) is 20.0 Å². The van der Waals surface area contributed by atoms with Crippen molar-refractivity contribution in [1.82, 2.24) is 15.6 Å². The first-order valence-electron chi connectivity index (χ1n) is 8.73. The third-order valence-corrected chi connectivity index (χ3v) is 4.61. The van der Waals surface area contributed by atoms with Crippen molar-refractivity contribution in [2.24, 2.45) is 4.99 Å². The van der Waals surface area contributed by atoms with Crippen LogP contribution < -0.4 is 10.6 Å². The molecule has 0 unspecified atom stereocenters. The Bertz CT molecular complexity index is 1050. The van der Waals surface area contributed by atoms with E-state index in [1.807, 2.05) is 30.3 Å². The van der Waals surface area contributed by atoms with Crippen molar-refractivity contribution in [3.8, 4) is 0 Å². The van der Waals surface area contributed by atoms with Crippen LogP contribution in [0.1, 0.15) is 17.0 Å². The third kappa shape index (κ3) is 4.10. The molecule has 5 nitrogen and oxygen atoms in total. The Balaban J connectivity index is 0.00000210. The summed E-state index contributed by atoms with van der Waals surface area (Å²) in [5.74, 6) is 1.67. The molecule has 0 fully saturated rings. The maximum absolute atomic E-state index is 5.94. The lowest BCUT2D eigenvalue weighted by atomic mass is 10.1. The van der Waals surface area contributed by atoms with Gasteiger partial charge in [-0.05, 0) is 30.5 Å². The van der Waals surface area contributed by atoms with E-state index >= 15 is 0 Å². The molecule has 0 radical (unpaired) electrons. The Morgan fingerprint density at radius 2 is 1.78 bits per heavy atom. The number of nitrogens with one attached hydrogen (secondary N) is 3. The maximum Gasteiger partial charge on any atom is 0.191 e. The Kier molecular flexibility index (Phi) is 6.05. The van der Waals surface area contributed by atoms with Crippen LogP contribution in [0.15, 0.2) is 64.0 Å². The number of rotatable bonds is 4. The molecule has 2 heterocycles. The number of H-pyrrole nitrogens is 1. The Morgan fingerprint density at radius 3 is 2.56 bits per heavy atom. The minimum Gasteiger partial charge on any atom is -0.459 e. The monoisotopic (exact) mass is 474 g/mol. The molecule has 0 bridgehead atoms. The van der Waals surface area contributed by atoms with E-state index in [4.69, 9.17) is 4.42 Å². The standard InChI is InChI=1S/C21H22N4O.HI/c1-14-17-8-4-6-10-19(17)26-20(14)13-24-21(22-2)23-12-16-11-15-7-3-5-9-18(15)25-16;/h3-11,25H,12-13H2,1-2H3,(H2,22,23,24);1H. The van der Waals surface area contributed by atoms with Gasteiger partial charge in [-0.1, -0.05) is 36.4 Å². The van der Waals surface area contributed by atoms with Crippen LogP contribution in [0.2, 0.25) is 0 Å². The van der Waals surface area contributed by atoms with Crippen LogP contribution in [0.5, 0.6) is 0 Å². The van der Waals surface area contributed by atoms with Gasteiger partial charge in [-0.2, -0.15) is 0 Å². The quantitative estimate of drug-likeness (QED) is 0.228. The molecule has 27 heavy (non-hydrogen) atoms. The molecule has 140 valence electrons. The predicted octanol–water partition coefficient (Wildman–Crippen LogP) is 4.71. The third-order valence-electron chi connectivity index (χ3n) is 4.61. The first kappa shape index (κ1) is 19.3. The second kappa shape index (κ2) is 8.47. The Labute approximate surface area is 175 Å². The number of fused-ring (bicyclic) bond motifs is 2. The van der Waals surface area contributed by atoms with Crippen molar-refractivity contribution in [3.63, 3.8) is 0 Å². The minimum atomic E-state index is 0. The number of hydrogen-bond acceptors (Lipinski definition) is 2. The van der Waals surface area contributed by atoms with E-state index in [2.05, 4.69) is 51.8 Å². The van der Waals surface area contributed by atoms with Crippen LogP contribution in [0.25, 0.3) is 21.9 Å². The van der Waals surface area contributed by atoms with E-state index in [0.717, 1.165) is 33.9 Å². The van der Waals surface area contributed by atoms with E-state index in [-0.39, 0.29) is 24.0 Å². The first-order chi connectivity index (χ1) is 12.7. The Morgan fingerprint density at radius 1 is 1.04 bits per heavy atom. The van der Waals surface area contributed by atoms with Crippen LogP contribution >= 0.6 is 24.0 Å². The van der Waals surface area contributed by atoms with Crippen LogP contribution in [0.4, 0.5) is 0 Å². The fraction of sp³-hybridized carbons (Fsp3) is 0.190. The lowest BCUT2D eigenvalue weighted by Crippen LogP contribution is -2.36. The highest BCUT2D eigenvalue weighted by atomic mass is 127. The predicted molar refractivity (Wildman–Crippen MR) is 122 cm³/mol. The SMILES string of the molecule is CN=C(NCc1cc2ccccc2[nH]1)NCc1oc2ccccc2c1C.I. The summed E-state index contributed by atoms with van der Waals surface area (Å²) in [4.78, 5) is 7.71. The molecule has 0 saturated heterocycles. The fourth-order valence-corrected chi connectivity index (χ4v) is 3.19. The van der Waals surface area contributed by atoms with Gasteiger partial charge in [-0.25, -0.2) is 0 Å². The van der Waals surface area contributed by atoms with Crippen molar-refractivity contribution >= 4 is 51.8 Å². The summed E-state index contributed by atoms with van der Waals surface area (Å²) in [5.41, 5.74) is 4.35. The summed E-state index contributed by atoms with van der Waals surface area (Å²) in [7, 11) is 1.77. The number of nitrogens with zero attached hydrogens (tertiary/aromatic N) is 1. The zero-order valence-corrected chi connectivity index (χ0v) is 17.7. The highest BCUT2D eigenvalue weighted by Crippen LogP contribution is 2.24. The molecule has 0 amide bonds. The number of aliphatic imine (C=N–C) groups is 1. The van der Waals surface area contributed by atoms with Crippen molar-refractivity contribution in [3.05, 3.63) is 71.6 Å². The molecule has 0 aliphatic carbocycles. The molecule has 2 aromatic carbocycles. The van der Waals surface area contributed by atoms with Gasteiger partial charge in [0.1, 0.15) is 11.3 Å². The topological polar surface area (TPSA) is 65.3 Å². The van der Waals surface area contributed by atoms with Gasteiger partial charge in [-0.15, -0.1) is 24.0 Å². The van der Waals surface area contributed by atoms with Crippen LogP contribution in [-0.2, 0) is 13.1 Å². The highest BCUT2D eigenvalue weighted by Gasteiger charge is 2.10. The summed E-state index contributed by atoms with van der Waals surface area (Å²) in [6.45, 7) is 3.35. The van der Waals surface area contributed by atoms with Gasteiger partial charge in [0.25, 0.3) is 0 Å².